The van der Waals surface area contributed by atoms with Crippen molar-refractivity contribution in [3.8, 4) is 0 Å². The second kappa shape index (κ2) is 6.25. The molecule has 2 N–H and O–H groups in total. The summed E-state index contributed by atoms with van der Waals surface area (Å²) in [4.78, 5) is 12.1. The van der Waals surface area contributed by atoms with Crippen LogP contribution in [0.15, 0.2) is 0 Å². The fourth-order valence-corrected chi connectivity index (χ4v) is 2.79. The minimum absolute atomic E-state index is 0.119. The van der Waals surface area contributed by atoms with Gasteiger partial charge in [0.15, 0.2) is 0 Å². The smallest absolute Gasteiger partial charge is 0.239 e. The van der Waals surface area contributed by atoms with Crippen LogP contribution in [0.4, 0.5) is 0 Å². The number of hydrogen-bond donors (Lipinski definition) is 2. The average molecular weight is 268 g/mol. The molecule has 3 heteroatoms. The molecule has 1 aliphatic carbocycles. The molecule has 0 heterocycles. The normalized spacial score (nSPS) is 25.2. The summed E-state index contributed by atoms with van der Waals surface area (Å²) in [5.74, 6) is 0.927. The van der Waals surface area contributed by atoms with Gasteiger partial charge in [-0.25, -0.2) is 0 Å². The van der Waals surface area contributed by atoms with Crippen LogP contribution in [-0.4, -0.2) is 24.5 Å². The van der Waals surface area contributed by atoms with Crippen molar-refractivity contribution < 1.29 is 4.79 Å². The Morgan fingerprint density at radius 2 is 1.63 bits per heavy atom. The van der Waals surface area contributed by atoms with Crippen LogP contribution in [-0.2, 0) is 4.79 Å². The minimum Gasteiger partial charge on any atom is -0.352 e. The van der Waals surface area contributed by atoms with Crippen molar-refractivity contribution in [1.82, 2.24) is 10.6 Å². The molecule has 1 fully saturated rings. The van der Waals surface area contributed by atoms with Gasteiger partial charge in [0.1, 0.15) is 0 Å². The van der Waals surface area contributed by atoms with Gasteiger partial charge < -0.3 is 10.6 Å². The molecule has 0 atom stereocenters. The van der Waals surface area contributed by atoms with Gasteiger partial charge in [0.05, 0.1) is 5.54 Å². The molecular weight excluding hydrogens is 236 g/mol. The molecule has 1 amide bonds. The highest BCUT2D eigenvalue weighted by atomic mass is 16.2. The van der Waals surface area contributed by atoms with E-state index in [-0.39, 0.29) is 5.91 Å². The monoisotopic (exact) mass is 268 g/mol. The summed E-state index contributed by atoms with van der Waals surface area (Å²) >= 11 is 0. The number of likely N-dealkylation sites (N-methyl/N-ethyl adjacent to an activating group) is 1. The van der Waals surface area contributed by atoms with Crippen LogP contribution in [0.3, 0.4) is 0 Å². The zero-order chi connectivity index (χ0) is 14.7. The number of carbonyl (C=O) groups is 1. The maximum atomic E-state index is 12.1. The van der Waals surface area contributed by atoms with Gasteiger partial charge in [-0.1, -0.05) is 27.2 Å². The molecule has 1 rings (SSSR count). The van der Waals surface area contributed by atoms with Crippen molar-refractivity contribution in [1.29, 1.82) is 0 Å². The van der Waals surface area contributed by atoms with Gasteiger partial charge in [-0.15, -0.1) is 0 Å². The lowest BCUT2D eigenvalue weighted by Crippen LogP contribution is -2.54. The lowest BCUT2D eigenvalue weighted by Gasteiger charge is -2.39. The van der Waals surface area contributed by atoms with Crippen LogP contribution in [0, 0.1) is 11.3 Å². The summed E-state index contributed by atoms with van der Waals surface area (Å²) in [6.07, 6.45) is 5.97. The topological polar surface area (TPSA) is 41.1 Å². The maximum Gasteiger partial charge on any atom is 0.239 e. The molecule has 0 aliphatic heterocycles. The van der Waals surface area contributed by atoms with Crippen LogP contribution < -0.4 is 10.6 Å². The minimum atomic E-state index is -0.473. The SMILES string of the molecule is CCC(C)(C)C1CCC(NC(=O)C(C)(C)NC)CC1. The van der Waals surface area contributed by atoms with Gasteiger partial charge in [0, 0.05) is 6.04 Å². The Morgan fingerprint density at radius 1 is 1.11 bits per heavy atom. The Kier molecular flexibility index (Phi) is 5.43. The number of hydrogen-bond acceptors (Lipinski definition) is 2. The molecule has 1 saturated carbocycles. The maximum absolute atomic E-state index is 12.1. The lowest BCUT2D eigenvalue weighted by molar-refractivity contribution is -0.127. The first-order chi connectivity index (χ1) is 8.73. The number of nitrogens with one attached hydrogen (secondary N) is 2. The van der Waals surface area contributed by atoms with Crippen molar-refractivity contribution in [2.45, 2.75) is 78.3 Å². The van der Waals surface area contributed by atoms with Gasteiger partial charge in [-0.2, -0.15) is 0 Å². The average Bonchev–Trinajstić information content (AvgIpc) is 2.39. The molecule has 0 spiro atoms. The van der Waals surface area contributed by atoms with Gasteiger partial charge in [0.25, 0.3) is 0 Å². The number of carbonyl (C=O) groups excluding carboxylic acids is 1. The van der Waals surface area contributed by atoms with Crippen LogP contribution in [0.5, 0.6) is 0 Å². The zero-order valence-electron chi connectivity index (χ0n) is 13.6. The van der Waals surface area contributed by atoms with Crippen LogP contribution in [0.2, 0.25) is 0 Å². The van der Waals surface area contributed by atoms with Crippen molar-refractivity contribution in [3.63, 3.8) is 0 Å². The summed E-state index contributed by atoms with van der Waals surface area (Å²) in [7, 11) is 1.83. The van der Waals surface area contributed by atoms with Gasteiger partial charge in [-0.05, 0) is 57.9 Å². The summed E-state index contributed by atoms with van der Waals surface area (Å²) in [6, 6.07) is 0.365. The predicted octanol–water partition coefficient (Wildman–Crippen LogP) is 3.10. The molecule has 0 radical (unpaired) electrons. The molecule has 0 unspecified atom stereocenters. The van der Waals surface area contributed by atoms with Crippen molar-refractivity contribution in [2.75, 3.05) is 7.05 Å². The Labute approximate surface area is 118 Å². The standard InChI is InChI=1S/C16H32N2O/c1-7-15(2,3)12-8-10-13(11-9-12)18-14(19)16(4,5)17-6/h12-13,17H,7-11H2,1-6H3,(H,18,19). The van der Waals surface area contributed by atoms with Gasteiger partial charge in [-0.3, -0.25) is 4.79 Å². The Bertz CT molecular complexity index is 302. The third-order valence-electron chi connectivity index (χ3n) is 5.27. The van der Waals surface area contributed by atoms with E-state index in [0.29, 0.717) is 11.5 Å². The van der Waals surface area contributed by atoms with E-state index in [9.17, 15) is 4.79 Å². The first-order valence-corrected chi connectivity index (χ1v) is 7.73. The van der Waals surface area contributed by atoms with E-state index in [1.807, 2.05) is 20.9 Å². The summed E-state index contributed by atoms with van der Waals surface area (Å²) in [5, 5.41) is 6.26. The third-order valence-corrected chi connectivity index (χ3v) is 5.27. The number of amides is 1. The van der Waals surface area contributed by atoms with Crippen molar-refractivity contribution in [3.05, 3.63) is 0 Å². The zero-order valence-corrected chi connectivity index (χ0v) is 13.6. The summed E-state index contributed by atoms with van der Waals surface area (Å²) in [6.45, 7) is 10.9. The summed E-state index contributed by atoms with van der Waals surface area (Å²) in [5.41, 5.74) is -0.0290. The van der Waals surface area contributed by atoms with Gasteiger partial charge in [0.2, 0.25) is 5.91 Å². The molecule has 0 aromatic heterocycles. The highest BCUT2D eigenvalue weighted by Gasteiger charge is 2.33. The highest BCUT2D eigenvalue weighted by Crippen LogP contribution is 2.40. The molecule has 112 valence electrons. The lowest BCUT2D eigenvalue weighted by atomic mass is 9.69. The van der Waals surface area contributed by atoms with Gasteiger partial charge >= 0.3 is 0 Å². The molecule has 19 heavy (non-hydrogen) atoms. The van der Waals surface area contributed by atoms with Crippen molar-refractivity contribution >= 4 is 5.91 Å². The first-order valence-electron chi connectivity index (χ1n) is 7.73. The molecule has 3 nitrogen and oxygen atoms in total. The highest BCUT2D eigenvalue weighted by molar-refractivity contribution is 5.85. The van der Waals surface area contributed by atoms with E-state index in [1.165, 1.54) is 19.3 Å². The largest absolute Gasteiger partial charge is 0.352 e. The predicted molar refractivity (Wildman–Crippen MR) is 81.1 cm³/mol. The molecule has 0 bridgehead atoms. The Morgan fingerprint density at radius 3 is 2.05 bits per heavy atom. The fourth-order valence-electron chi connectivity index (χ4n) is 2.79. The number of rotatable bonds is 5. The van der Waals surface area contributed by atoms with E-state index in [4.69, 9.17) is 0 Å². The van der Waals surface area contributed by atoms with E-state index in [2.05, 4.69) is 31.4 Å². The van der Waals surface area contributed by atoms with E-state index in [0.717, 1.165) is 18.8 Å². The molecule has 0 saturated heterocycles. The molecule has 1 aliphatic rings. The molecular formula is C16H32N2O. The second-order valence-electron chi connectivity index (χ2n) is 7.24. The first kappa shape index (κ1) is 16.5. The fraction of sp³-hybridized carbons (Fsp3) is 0.938. The van der Waals surface area contributed by atoms with E-state index < -0.39 is 5.54 Å². The van der Waals surface area contributed by atoms with Crippen molar-refractivity contribution in [2.24, 2.45) is 11.3 Å². The molecule has 0 aromatic rings. The van der Waals surface area contributed by atoms with E-state index >= 15 is 0 Å². The van der Waals surface area contributed by atoms with Crippen LogP contribution >= 0.6 is 0 Å². The quantitative estimate of drug-likeness (QED) is 0.804. The summed E-state index contributed by atoms with van der Waals surface area (Å²) < 4.78 is 0. The van der Waals surface area contributed by atoms with Crippen LogP contribution in [0.1, 0.15) is 66.7 Å². The Balaban J connectivity index is 2.45. The Hall–Kier alpha value is -0.570. The van der Waals surface area contributed by atoms with Crippen LogP contribution in [0.25, 0.3) is 0 Å². The second-order valence-corrected chi connectivity index (χ2v) is 7.24. The third kappa shape index (κ3) is 4.20. The van der Waals surface area contributed by atoms with E-state index in [1.54, 1.807) is 0 Å². The molecule has 0 aromatic carbocycles.